The Balaban J connectivity index is 0.000000241. The lowest BCUT2D eigenvalue weighted by Crippen LogP contribution is -2.25. The van der Waals surface area contributed by atoms with E-state index in [1.165, 1.54) is 85.5 Å². The second-order valence-corrected chi connectivity index (χ2v) is 19.1. The molecule has 6 rings (SSSR count). The molecule has 6 aromatic rings. The number of aromatic nitrogens is 2. The third-order valence-corrected chi connectivity index (χ3v) is 13.4. The molecule has 2 heterocycles. The summed E-state index contributed by atoms with van der Waals surface area (Å²) >= 11 is 36.1. The van der Waals surface area contributed by atoms with Crippen molar-refractivity contribution >= 4 is 113 Å². The lowest BCUT2D eigenvalue weighted by Gasteiger charge is -2.15. The Labute approximate surface area is 399 Å². The van der Waals surface area contributed by atoms with Gasteiger partial charge < -0.3 is 20.1 Å². The van der Waals surface area contributed by atoms with E-state index in [4.69, 9.17) is 79.1 Å². The van der Waals surface area contributed by atoms with Crippen LogP contribution in [0.3, 0.4) is 0 Å². The molecular weight excluding hydrogens is 993 g/mol. The molecule has 4 aromatic carbocycles. The minimum atomic E-state index is -4.12. The van der Waals surface area contributed by atoms with E-state index in [1.54, 1.807) is 39.8 Å². The summed E-state index contributed by atoms with van der Waals surface area (Å²) in [5, 5.41) is 6.66. The van der Waals surface area contributed by atoms with E-state index in [9.17, 15) is 26.4 Å². The fourth-order valence-electron chi connectivity index (χ4n) is 5.48. The summed E-state index contributed by atoms with van der Waals surface area (Å²) in [6.45, 7) is 7.50. The topological polar surface area (TPSA) is 195 Å². The summed E-state index contributed by atoms with van der Waals surface area (Å²) in [6.07, 6.45) is 5.82. The number of ether oxygens (including phenoxy) is 2. The van der Waals surface area contributed by atoms with Crippen LogP contribution in [0.2, 0.25) is 30.1 Å². The van der Waals surface area contributed by atoms with Crippen molar-refractivity contribution in [1.29, 1.82) is 0 Å². The minimum absolute atomic E-state index is 0.0407. The molecule has 0 spiro atoms. The first-order valence-electron chi connectivity index (χ1n) is 18.6. The molecule has 0 aliphatic carbocycles. The zero-order valence-electron chi connectivity index (χ0n) is 33.9. The van der Waals surface area contributed by atoms with Crippen molar-refractivity contribution in [2.24, 2.45) is 0 Å². The highest BCUT2D eigenvalue weighted by Gasteiger charge is 2.25. The van der Waals surface area contributed by atoms with Gasteiger partial charge in [0.25, 0.3) is 31.9 Å². The maximum Gasteiger partial charge on any atom is 0.263 e. The molecule has 0 bridgehead atoms. The molecule has 64 heavy (non-hydrogen) atoms. The monoisotopic (exact) mass is 1030 g/mol. The van der Waals surface area contributed by atoms with Crippen LogP contribution in [-0.4, -0.2) is 51.7 Å². The number of anilines is 2. The van der Waals surface area contributed by atoms with E-state index in [2.05, 4.69) is 30.0 Å². The maximum absolute atomic E-state index is 13.0. The predicted octanol–water partition coefficient (Wildman–Crippen LogP) is 11.4. The van der Waals surface area contributed by atoms with E-state index in [-0.39, 0.29) is 42.3 Å². The zero-order valence-corrected chi connectivity index (χ0v) is 40.1. The number of halogens is 6. The number of carbonyl (C=O) groups excluding carboxylic acids is 2. The quantitative estimate of drug-likeness (QED) is 0.0815. The number of benzene rings is 4. The minimum Gasteiger partial charge on any atom is -0.456 e. The van der Waals surface area contributed by atoms with Crippen molar-refractivity contribution in [3.05, 3.63) is 150 Å². The van der Waals surface area contributed by atoms with Gasteiger partial charge in [0.2, 0.25) is 0 Å². The first-order chi connectivity index (χ1) is 30.2. The molecule has 14 nitrogen and oxygen atoms in total. The van der Waals surface area contributed by atoms with Gasteiger partial charge in [0.05, 0.1) is 55.0 Å². The van der Waals surface area contributed by atoms with Crippen molar-refractivity contribution in [3.8, 4) is 23.0 Å². The number of carbonyl (C=O) groups is 2. The van der Waals surface area contributed by atoms with Crippen LogP contribution in [0.15, 0.2) is 107 Å². The lowest BCUT2D eigenvalue weighted by molar-refractivity contribution is 0.0948. The fourth-order valence-corrected chi connectivity index (χ4v) is 9.63. The van der Waals surface area contributed by atoms with Crippen molar-refractivity contribution in [2.75, 3.05) is 22.5 Å². The van der Waals surface area contributed by atoms with Crippen LogP contribution in [-0.2, 0) is 20.0 Å². The van der Waals surface area contributed by atoms with E-state index >= 15 is 0 Å². The Kier molecular flexibility index (Phi) is 17.0. The van der Waals surface area contributed by atoms with Crippen molar-refractivity contribution in [2.45, 2.75) is 37.5 Å². The maximum atomic E-state index is 13.0. The molecule has 4 N–H and O–H groups in total. The molecule has 2 amide bonds. The molecule has 0 saturated heterocycles. The average Bonchev–Trinajstić information content (AvgIpc) is 3.22. The number of rotatable bonds is 14. The SMILES string of the molecule is CCNC(=O)c1cc(Oc2cncc(Cl)c2)ccc1NS(=O)(=O)c1cc(C)c(Cl)cc1Cl.CCNC(=O)c1cc(Oc2cncc(Cl)c2)ccc1NS(=O)(=O)c1cc(C)c(Cl)cc1Cl. The van der Waals surface area contributed by atoms with Crippen LogP contribution in [0.5, 0.6) is 23.0 Å². The van der Waals surface area contributed by atoms with E-state index < -0.39 is 31.9 Å². The van der Waals surface area contributed by atoms with Crippen LogP contribution in [0.4, 0.5) is 11.4 Å². The number of nitrogens with zero attached hydrogens (tertiary/aromatic N) is 2. The predicted molar refractivity (Wildman–Crippen MR) is 252 cm³/mol. The third kappa shape index (κ3) is 13.0. The zero-order chi connectivity index (χ0) is 46.9. The van der Waals surface area contributed by atoms with Gasteiger partial charge in [0.15, 0.2) is 0 Å². The number of hydrogen-bond acceptors (Lipinski definition) is 10. The van der Waals surface area contributed by atoms with Crippen LogP contribution < -0.4 is 29.6 Å². The molecule has 0 fully saturated rings. The van der Waals surface area contributed by atoms with Crippen LogP contribution >= 0.6 is 69.6 Å². The molecule has 22 heteroatoms. The summed E-state index contributed by atoms with van der Waals surface area (Å²) in [5.74, 6) is 0.320. The standard InChI is InChI=1S/2C21H18Cl3N3O4S/c2*1-3-26-21(28)16-8-14(31-15-7-13(22)10-25-11-15)4-5-19(16)27-32(29,30)20-6-12(2)17(23)9-18(20)24/h2*4-11,27H,3H2,1-2H3,(H,26,28). The second-order valence-electron chi connectivity index (χ2n) is 13.3. The van der Waals surface area contributed by atoms with Crippen molar-refractivity contribution in [3.63, 3.8) is 0 Å². The Morgan fingerprint density at radius 2 is 0.891 bits per heavy atom. The molecule has 2 aromatic heterocycles. The number of pyridine rings is 2. The molecule has 0 radical (unpaired) electrons. The highest BCUT2D eigenvalue weighted by Crippen LogP contribution is 2.34. The fraction of sp³-hybridized carbons (Fsp3) is 0.143. The summed E-state index contributed by atoms with van der Waals surface area (Å²) in [6, 6.07) is 17.2. The average molecular weight is 1030 g/mol. The van der Waals surface area contributed by atoms with Gasteiger partial charge in [-0.3, -0.25) is 29.0 Å². The molecule has 0 atom stereocenters. The van der Waals surface area contributed by atoms with Gasteiger partial charge in [-0.1, -0.05) is 69.6 Å². The first kappa shape index (κ1) is 50.0. The van der Waals surface area contributed by atoms with Crippen molar-refractivity contribution < 1.29 is 35.9 Å². The number of nitrogens with one attached hydrogen (secondary N) is 4. The third-order valence-electron chi connectivity index (χ3n) is 8.47. The summed E-state index contributed by atoms with van der Waals surface area (Å²) in [4.78, 5) is 32.8. The number of sulfonamides is 2. The molecule has 0 aliphatic rings. The van der Waals surface area contributed by atoms with Crippen LogP contribution in [0, 0.1) is 13.8 Å². The largest absolute Gasteiger partial charge is 0.456 e. The summed E-state index contributed by atoms with van der Waals surface area (Å²) < 4.78 is 68.3. The van der Waals surface area contributed by atoms with Crippen molar-refractivity contribution in [1.82, 2.24) is 20.6 Å². The Hall–Kier alpha value is -5.04. The van der Waals surface area contributed by atoms with Crippen LogP contribution in [0.1, 0.15) is 45.7 Å². The van der Waals surface area contributed by atoms with Crippen LogP contribution in [0.25, 0.3) is 0 Å². The van der Waals surface area contributed by atoms with Gasteiger partial charge in [0, 0.05) is 47.7 Å². The highest BCUT2D eigenvalue weighted by molar-refractivity contribution is 7.93. The smallest absolute Gasteiger partial charge is 0.263 e. The normalized spacial score (nSPS) is 11.2. The Morgan fingerprint density at radius 3 is 1.23 bits per heavy atom. The summed E-state index contributed by atoms with van der Waals surface area (Å²) in [7, 11) is -8.24. The molecule has 0 unspecified atom stereocenters. The Morgan fingerprint density at radius 1 is 0.516 bits per heavy atom. The number of amides is 2. The van der Waals surface area contributed by atoms with Gasteiger partial charge >= 0.3 is 0 Å². The Bertz CT molecular complexity index is 2770. The molecule has 0 aliphatic heterocycles. The molecular formula is C42H36Cl6N6O8S2. The van der Waals surface area contributed by atoms with Gasteiger partial charge in [-0.25, -0.2) is 16.8 Å². The van der Waals surface area contributed by atoms with Gasteiger partial charge in [-0.2, -0.15) is 0 Å². The van der Waals surface area contributed by atoms with Gasteiger partial charge in [-0.05, 0) is 99.5 Å². The van der Waals surface area contributed by atoms with E-state index in [0.717, 1.165) is 0 Å². The molecule has 336 valence electrons. The highest BCUT2D eigenvalue weighted by atomic mass is 35.5. The van der Waals surface area contributed by atoms with E-state index in [0.29, 0.717) is 67.3 Å². The number of hydrogen-bond donors (Lipinski definition) is 4. The summed E-state index contributed by atoms with van der Waals surface area (Å²) in [5.41, 5.74) is 1.31. The van der Waals surface area contributed by atoms with Gasteiger partial charge in [-0.15, -0.1) is 0 Å². The lowest BCUT2D eigenvalue weighted by atomic mass is 10.1. The van der Waals surface area contributed by atoms with E-state index in [1.807, 2.05) is 0 Å². The second kappa shape index (κ2) is 21.8. The first-order valence-corrected chi connectivity index (χ1v) is 23.8. The number of aryl methyl sites for hydroxylation is 2. The van der Waals surface area contributed by atoms with Gasteiger partial charge in [0.1, 0.15) is 32.8 Å². The molecule has 0 saturated carbocycles.